The van der Waals surface area contributed by atoms with E-state index in [1.54, 1.807) is 0 Å². The molecule has 0 radical (unpaired) electrons. The maximum Gasteiger partial charge on any atom is 0.242 e. The van der Waals surface area contributed by atoms with E-state index in [0.29, 0.717) is 6.04 Å². The van der Waals surface area contributed by atoms with Crippen molar-refractivity contribution in [3.63, 3.8) is 0 Å². The summed E-state index contributed by atoms with van der Waals surface area (Å²) in [4.78, 5) is 14.5. The zero-order valence-electron chi connectivity index (χ0n) is 12.4. The van der Waals surface area contributed by atoms with E-state index in [2.05, 4.69) is 24.2 Å². The van der Waals surface area contributed by atoms with Gasteiger partial charge in [-0.15, -0.1) is 0 Å². The molecule has 1 aliphatic rings. The quantitative estimate of drug-likeness (QED) is 0.454. The van der Waals surface area contributed by atoms with Crippen LogP contribution < -0.4 is 11.3 Å². The summed E-state index contributed by atoms with van der Waals surface area (Å²) in [6.45, 7) is 6.18. The van der Waals surface area contributed by atoms with Crippen LogP contribution in [0.3, 0.4) is 0 Å². The Morgan fingerprint density at radius 1 is 1.35 bits per heavy atom. The molecule has 0 spiro atoms. The molecule has 1 amide bonds. The van der Waals surface area contributed by atoms with Crippen molar-refractivity contribution < 1.29 is 4.79 Å². The fourth-order valence-corrected chi connectivity index (χ4v) is 2.49. The Balaban J connectivity index is 2.11. The van der Waals surface area contributed by atoms with Crippen molar-refractivity contribution in [2.45, 2.75) is 38.6 Å². The van der Waals surface area contributed by atoms with Gasteiger partial charge in [-0.25, -0.2) is 5.84 Å². The first kappa shape index (κ1) is 15.0. The molecule has 1 aromatic carbocycles. The lowest BCUT2D eigenvalue weighted by atomic mass is 9.97. The number of hydrogen-bond donors (Lipinski definition) is 2. The number of amides is 1. The summed E-state index contributed by atoms with van der Waals surface area (Å²) < 4.78 is 0. The highest BCUT2D eigenvalue weighted by Gasteiger charge is 2.29. The Morgan fingerprint density at radius 2 is 2.00 bits per heavy atom. The van der Waals surface area contributed by atoms with Crippen molar-refractivity contribution in [3.8, 4) is 0 Å². The summed E-state index contributed by atoms with van der Waals surface area (Å²) in [6.07, 6.45) is 2.64. The highest BCUT2D eigenvalue weighted by molar-refractivity contribution is 5.83. The number of nitrogens with one attached hydrogen (secondary N) is 1. The molecule has 0 saturated heterocycles. The fourth-order valence-electron chi connectivity index (χ4n) is 2.49. The van der Waals surface area contributed by atoms with E-state index in [1.807, 2.05) is 30.3 Å². The highest BCUT2D eigenvalue weighted by Crippen LogP contribution is 2.31. The number of rotatable bonds is 7. The van der Waals surface area contributed by atoms with E-state index in [1.165, 1.54) is 12.8 Å². The van der Waals surface area contributed by atoms with Crippen LogP contribution in [0.5, 0.6) is 0 Å². The molecule has 0 heterocycles. The standard InChI is InChI=1S/C16H25N3O/c1-12(2)19(10-13-8-9-13)11-15(16(20)18-17)14-6-4-3-5-7-14/h3-7,12-13,15H,8-11,17H2,1-2H3,(H,18,20). The SMILES string of the molecule is CC(C)N(CC1CC1)CC(C(=O)NN)c1ccccc1. The molecule has 1 aliphatic carbocycles. The largest absolute Gasteiger partial charge is 0.300 e. The molecule has 1 saturated carbocycles. The molecule has 3 N–H and O–H groups in total. The van der Waals surface area contributed by atoms with Crippen LogP contribution >= 0.6 is 0 Å². The minimum Gasteiger partial charge on any atom is -0.300 e. The Bertz CT molecular complexity index is 429. The maximum absolute atomic E-state index is 12.1. The fraction of sp³-hybridized carbons (Fsp3) is 0.562. The van der Waals surface area contributed by atoms with Crippen molar-refractivity contribution in [2.75, 3.05) is 13.1 Å². The molecular formula is C16H25N3O. The predicted octanol–water partition coefficient (Wildman–Crippen LogP) is 1.88. The third-order valence-electron chi connectivity index (χ3n) is 4.00. The molecule has 1 aromatic rings. The van der Waals surface area contributed by atoms with Crippen molar-refractivity contribution in [1.29, 1.82) is 0 Å². The molecule has 4 heteroatoms. The molecule has 1 unspecified atom stereocenters. The van der Waals surface area contributed by atoms with Gasteiger partial charge in [-0.2, -0.15) is 0 Å². The minimum absolute atomic E-state index is 0.113. The smallest absolute Gasteiger partial charge is 0.242 e. The van der Waals surface area contributed by atoms with Crippen LogP contribution in [0.1, 0.15) is 38.2 Å². The maximum atomic E-state index is 12.1. The minimum atomic E-state index is -0.206. The Morgan fingerprint density at radius 3 is 2.50 bits per heavy atom. The summed E-state index contributed by atoms with van der Waals surface area (Å²) in [5.41, 5.74) is 3.34. The number of carbonyl (C=O) groups is 1. The van der Waals surface area contributed by atoms with Gasteiger partial charge in [-0.1, -0.05) is 30.3 Å². The Labute approximate surface area is 121 Å². The van der Waals surface area contributed by atoms with Crippen LogP contribution in [0.25, 0.3) is 0 Å². The lowest BCUT2D eigenvalue weighted by molar-refractivity contribution is -0.123. The van der Waals surface area contributed by atoms with E-state index in [0.717, 1.165) is 24.6 Å². The molecule has 2 rings (SSSR count). The third kappa shape index (κ3) is 4.05. The third-order valence-corrected chi connectivity index (χ3v) is 4.00. The molecule has 20 heavy (non-hydrogen) atoms. The van der Waals surface area contributed by atoms with Crippen LogP contribution in [-0.4, -0.2) is 29.9 Å². The molecule has 0 aromatic heterocycles. The van der Waals surface area contributed by atoms with Gasteiger partial charge in [0.15, 0.2) is 0 Å². The molecule has 110 valence electrons. The first-order chi connectivity index (χ1) is 9.61. The molecular weight excluding hydrogens is 250 g/mol. The Kier molecular flexibility index (Phi) is 5.15. The van der Waals surface area contributed by atoms with Gasteiger partial charge in [0.25, 0.3) is 0 Å². The summed E-state index contributed by atoms with van der Waals surface area (Å²) in [6, 6.07) is 10.3. The monoisotopic (exact) mass is 275 g/mol. The van der Waals surface area contributed by atoms with E-state index >= 15 is 0 Å². The van der Waals surface area contributed by atoms with Gasteiger partial charge >= 0.3 is 0 Å². The number of hydrogen-bond acceptors (Lipinski definition) is 3. The van der Waals surface area contributed by atoms with Gasteiger partial charge in [0.1, 0.15) is 0 Å². The van der Waals surface area contributed by atoms with E-state index in [4.69, 9.17) is 5.84 Å². The highest BCUT2D eigenvalue weighted by atomic mass is 16.2. The second kappa shape index (κ2) is 6.86. The topological polar surface area (TPSA) is 58.4 Å². The molecule has 0 bridgehead atoms. The Hall–Kier alpha value is -1.39. The first-order valence-electron chi connectivity index (χ1n) is 7.41. The van der Waals surface area contributed by atoms with E-state index in [9.17, 15) is 4.79 Å². The van der Waals surface area contributed by atoms with Gasteiger partial charge in [0, 0.05) is 19.1 Å². The second-order valence-corrected chi connectivity index (χ2v) is 5.96. The molecule has 1 fully saturated rings. The summed E-state index contributed by atoms with van der Waals surface area (Å²) in [5, 5.41) is 0. The van der Waals surface area contributed by atoms with E-state index in [-0.39, 0.29) is 11.8 Å². The van der Waals surface area contributed by atoms with Gasteiger partial charge in [0.2, 0.25) is 5.91 Å². The zero-order valence-corrected chi connectivity index (χ0v) is 12.4. The average Bonchev–Trinajstić information content (AvgIpc) is 3.27. The summed E-state index contributed by atoms with van der Waals surface area (Å²) in [7, 11) is 0. The van der Waals surface area contributed by atoms with Crippen molar-refractivity contribution in [2.24, 2.45) is 11.8 Å². The zero-order chi connectivity index (χ0) is 14.5. The summed E-state index contributed by atoms with van der Waals surface area (Å²) >= 11 is 0. The second-order valence-electron chi connectivity index (χ2n) is 5.96. The lowest BCUT2D eigenvalue weighted by Gasteiger charge is -2.30. The normalized spacial score (nSPS) is 16.4. The van der Waals surface area contributed by atoms with E-state index < -0.39 is 0 Å². The molecule has 4 nitrogen and oxygen atoms in total. The van der Waals surface area contributed by atoms with Gasteiger partial charge < -0.3 is 0 Å². The molecule has 0 aliphatic heterocycles. The first-order valence-corrected chi connectivity index (χ1v) is 7.41. The van der Waals surface area contributed by atoms with Crippen LogP contribution in [0, 0.1) is 5.92 Å². The van der Waals surface area contributed by atoms with Crippen molar-refractivity contribution in [1.82, 2.24) is 10.3 Å². The van der Waals surface area contributed by atoms with Crippen molar-refractivity contribution in [3.05, 3.63) is 35.9 Å². The molecule has 1 atom stereocenters. The summed E-state index contributed by atoms with van der Waals surface area (Å²) in [5.74, 6) is 5.85. The van der Waals surface area contributed by atoms with Crippen LogP contribution in [-0.2, 0) is 4.79 Å². The number of benzene rings is 1. The lowest BCUT2D eigenvalue weighted by Crippen LogP contribution is -2.43. The van der Waals surface area contributed by atoms with Crippen LogP contribution in [0.15, 0.2) is 30.3 Å². The van der Waals surface area contributed by atoms with Gasteiger partial charge in [-0.3, -0.25) is 15.1 Å². The average molecular weight is 275 g/mol. The predicted molar refractivity (Wildman–Crippen MR) is 80.9 cm³/mol. The van der Waals surface area contributed by atoms with Crippen LogP contribution in [0.2, 0.25) is 0 Å². The number of hydrazine groups is 1. The van der Waals surface area contributed by atoms with Crippen LogP contribution in [0.4, 0.5) is 0 Å². The number of nitrogens with two attached hydrogens (primary N) is 1. The number of carbonyl (C=O) groups excluding carboxylic acids is 1. The van der Waals surface area contributed by atoms with Gasteiger partial charge in [0.05, 0.1) is 5.92 Å². The number of nitrogens with zero attached hydrogens (tertiary/aromatic N) is 1. The van der Waals surface area contributed by atoms with Gasteiger partial charge in [-0.05, 0) is 38.2 Å². The van der Waals surface area contributed by atoms with Crippen molar-refractivity contribution >= 4 is 5.91 Å².